The molecule has 1 heterocycles. The number of ether oxygens (including phenoxy) is 1. The molecule has 0 saturated heterocycles. The fraction of sp³-hybridized carbons (Fsp3) is 0.158. The molecule has 1 amide bonds. The number of amides is 1. The van der Waals surface area contributed by atoms with Crippen molar-refractivity contribution in [3.63, 3.8) is 0 Å². The standard InChI is InChI=1S/C19H18N2O3/c1-13-4-3-5-18(14(13)2)21-19(22)16-6-8-17(9-7-16)23-11-15-10-20-24-12-15/h3-10,12H,11H2,1-2H3,(H,21,22). The van der Waals surface area contributed by atoms with Crippen molar-refractivity contribution in [3.8, 4) is 5.75 Å². The molecular formula is C19H18N2O3. The summed E-state index contributed by atoms with van der Waals surface area (Å²) in [5, 5.41) is 6.56. The molecule has 3 rings (SSSR count). The van der Waals surface area contributed by atoms with Gasteiger partial charge < -0.3 is 14.6 Å². The van der Waals surface area contributed by atoms with Crippen LogP contribution in [-0.4, -0.2) is 11.1 Å². The van der Waals surface area contributed by atoms with Gasteiger partial charge in [0.05, 0.1) is 6.20 Å². The molecule has 2 aromatic carbocycles. The van der Waals surface area contributed by atoms with Gasteiger partial charge in [-0.2, -0.15) is 0 Å². The maximum absolute atomic E-state index is 12.4. The second-order valence-electron chi connectivity index (χ2n) is 5.55. The number of hydrogen-bond donors (Lipinski definition) is 1. The summed E-state index contributed by atoms with van der Waals surface area (Å²) >= 11 is 0. The van der Waals surface area contributed by atoms with Crippen LogP contribution in [0.15, 0.2) is 59.4 Å². The smallest absolute Gasteiger partial charge is 0.255 e. The topological polar surface area (TPSA) is 64.4 Å². The number of nitrogens with zero attached hydrogens (tertiary/aromatic N) is 1. The Morgan fingerprint density at radius 1 is 1.17 bits per heavy atom. The van der Waals surface area contributed by atoms with Gasteiger partial charge in [-0.3, -0.25) is 4.79 Å². The van der Waals surface area contributed by atoms with Crippen molar-refractivity contribution in [2.75, 3.05) is 5.32 Å². The largest absolute Gasteiger partial charge is 0.489 e. The Morgan fingerprint density at radius 3 is 2.67 bits per heavy atom. The Kier molecular flexibility index (Phi) is 4.61. The molecule has 5 nitrogen and oxygen atoms in total. The lowest BCUT2D eigenvalue weighted by molar-refractivity contribution is 0.102. The van der Waals surface area contributed by atoms with Crippen LogP contribution < -0.4 is 10.1 Å². The van der Waals surface area contributed by atoms with Crippen LogP contribution in [0.4, 0.5) is 5.69 Å². The van der Waals surface area contributed by atoms with Gasteiger partial charge in [0, 0.05) is 16.8 Å². The molecule has 1 N–H and O–H groups in total. The third-order valence-corrected chi connectivity index (χ3v) is 3.86. The van der Waals surface area contributed by atoms with E-state index in [1.165, 1.54) is 6.26 Å². The lowest BCUT2D eigenvalue weighted by Crippen LogP contribution is -2.13. The number of aryl methyl sites for hydroxylation is 1. The maximum Gasteiger partial charge on any atom is 0.255 e. The zero-order valence-corrected chi connectivity index (χ0v) is 13.6. The van der Waals surface area contributed by atoms with E-state index in [1.54, 1.807) is 30.5 Å². The molecule has 0 aliphatic rings. The summed E-state index contributed by atoms with van der Waals surface area (Å²) in [5.41, 5.74) is 4.47. The van der Waals surface area contributed by atoms with Crippen LogP contribution in [-0.2, 0) is 6.61 Å². The maximum atomic E-state index is 12.4. The van der Waals surface area contributed by atoms with E-state index in [-0.39, 0.29) is 5.91 Å². The van der Waals surface area contributed by atoms with Crippen molar-refractivity contribution in [1.82, 2.24) is 5.16 Å². The average Bonchev–Trinajstić information content (AvgIpc) is 3.11. The lowest BCUT2D eigenvalue weighted by Gasteiger charge is -2.11. The van der Waals surface area contributed by atoms with Crippen molar-refractivity contribution in [1.29, 1.82) is 0 Å². The van der Waals surface area contributed by atoms with Gasteiger partial charge in [-0.05, 0) is 55.3 Å². The minimum Gasteiger partial charge on any atom is -0.489 e. The lowest BCUT2D eigenvalue weighted by atomic mass is 10.1. The molecule has 122 valence electrons. The third kappa shape index (κ3) is 3.63. The van der Waals surface area contributed by atoms with Crippen LogP contribution in [0, 0.1) is 13.8 Å². The number of rotatable bonds is 5. The van der Waals surface area contributed by atoms with E-state index >= 15 is 0 Å². The number of carbonyl (C=O) groups excluding carboxylic acids is 1. The van der Waals surface area contributed by atoms with Gasteiger partial charge in [-0.1, -0.05) is 17.3 Å². The zero-order valence-electron chi connectivity index (χ0n) is 13.6. The number of carbonyl (C=O) groups is 1. The van der Waals surface area contributed by atoms with Crippen LogP contribution in [0.3, 0.4) is 0 Å². The highest BCUT2D eigenvalue weighted by Gasteiger charge is 2.09. The van der Waals surface area contributed by atoms with Crippen LogP contribution in [0.25, 0.3) is 0 Å². The highest BCUT2D eigenvalue weighted by atomic mass is 16.5. The second kappa shape index (κ2) is 7.00. The highest BCUT2D eigenvalue weighted by Crippen LogP contribution is 2.20. The summed E-state index contributed by atoms with van der Waals surface area (Å²) in [6, 6.07) is 12.9. The van der Waals surface area contributed by atoms with Crippen LogP contribution in [0.1, 0.15) is 27.0 Å². The third-order valence-electron chi connectivity index (χ3n) is 3.86. The molecule has 0 spiro atoms. The molecular weight excluding hydrogens is 304 g/mol. The monoisotopic (exact) mass is 322 g/mol. The minimum absolute atomic E-state index is 0.144. The summed E-state index contributed by atoms with van der Waals surface area (Å²) in [6.45, 7) is 4.39. The number of benzene rings is 2. The first-order valence-electron chi connectivity index (χ1n) is 7.62. The van der Waals surface area contributed by atoms with E-state index in [4.69, 9.17) is 9.26 Å². The number of aromatic nitrogens is 1. The first kappa shape index (κ1) is 15.8. The van der Waals surface area contributed by atoms with Crippen molar-refractivity contribution in [2.24, 2.45) is 0 Å². The van der Waals surface area contributed by atoms with E-state index in [9.17, 15) is 4.79 Å². The van der Waals surface area contributed by atoms with E-state index in [0.29, 0.717) is 17.9 Å². The van der Waals surface area contributed by atoms with Gasteiger partial charge in [0.25, 0.3) is 5.91 Å². The normalized spacial score (nSPS) is 10.4. The number of anilines is 1. The summed E-state index contributed by atoms with van der Waals surface area (Å²) in [5.74, 6) is 0.536. The highest BCUT2D eigenvalue weighted by molar-refractivity contribution is 6.04. The molecule has 5 heteroatoms. The molecule has 0 radical (unpaired) electrons. The van der Waals surface area contributed by atoms with Crippen molar-refractivity contribution in [2.45, 2.75) is 20.5 Å². The van der Waals surface area contributed by atoms with E-state index < -0.39 is 0 Å². The molecule has 0 atom stereocenters. The molecule has 1 aromatic heterocycles. The predicted molar refractivity (Wildman–Crippen MR) is 91.1 cm³/mol. The number of hydrogen-bond acceptors (Lipinski definition) is 4. The number of nitrogens with one attached hydrogen (secondary N) is 1. The van der Waals surface area contributed by atoms with Crippen LogP contribution >= 0.6 is 0 Å². The molecule has 0 aliphatic heterocycles. The fourth-order valence-electron chi connectivity index (χ4n) is 2.25. The van der Waals surface area contributed by atoms with Gasteiger partial charge in [-0.25, -0.2) is 0 Å². The van der Waals surface area contributed by atoms with E-state index in [1.807, 2.05) is 32.0 Å². The van der Waals surface area contributed by atoms with Gasteiger partial charge in [-0.15, -0.1) is 0 Å². The van der Waals surface area contributed by atoms with Crippen molar-refractivity contribution < 1.29 is 14.1 Å². The zero-order chi connectivity index (χ0) is 16.9. The first-order chi connectivity index (χ1) is 11.6. The van der Waals surface area contributed by atoms with Gasteiger partial charge >= 0.3 is 0 Å². The second-order valence-corrected chi connectivity index (χ2v) is 5.55. The van der Waals surface area contributed by atoms with Crippen molar-refractivity contribution in [3.05, 3.63) is 77.2 Å². The molecule has 0 saturated carbocycles. The molecule has 0 aliphatic carbocycles. The molecule has 0 unspecified atom stereocenters. The summed E-state index contributed by atoms with van der Waals surface area (Å²) in [4.78, 5) is 12.4. The van der Waals surface area contributed by atoms with Crippen LogP contribution in [0.5, 0.6) is 5.75 Å². The Bertz CT molecular complexity index is 824. The van der Waals surface area contributed by atoms with Crippen molar-refractivity contribution >= 4 is 11.6 Å². The van der Waals surface area contributed by atoms with Gasteiger partial charge in [0.15, 0.2) is 0 Å². The van der Waals surface area contributed by atoms with E-state index in [2.05, 4.69) is 10.5 Å². The van der Waals surface area contributed by atoms with Crippen LogP contribution in [0.2, 0.25) is 0 Å². The Hall–Kier alpha value is -3.08. The van der Waals surface area contributed by atoms with Gasteiger partial charge in [0.1, 0.15) is 18.6 Å². The fourth-order valence-corrected chi connectivity index (χ4v) is 2.25. The molecule has 0 fully saturated rings. The summed E-state index contributed by atoms with van der Waals surface area (Å²) in [7, 11) is 0. The minimum atomic E-state index is -0.144. The average molecular weight is 322 g/mol. The molecule has 0 bridgehead atoms. The Balaban J connectivity index is 1.64. The summed E-state index contributed by atoms with van der Waals surface area (Å²) < 4.78 is 10.4. The van der Waals surface area contributed by atoms with E-state index in [0.717, 1.165) is 22.4 Å². The quantitative estimate of drug-likeness (QED) is 0.767. The molecule has 3 aromatic rings. The summed E-state index contributed by atoms with van der Waals surface area (Å²) in [6.07, 6.45) is 3.14. The molecule has 24 heavy (non-hydrogen) atoms. The Labute approximate surface area is 140 Å². The SMILES string of the molecule is Cc1cccc(NC(=O)c2ccc(OCc3cnoc3)cc2)c1C. The Morgan fingerprint density at radius 2 is 1.96 bits per heavy atom. The van der Waals surface area contributed by atoms with Gasteiger partial charge in [0.2, 0.25) is 0 Å². The first-order valence-corrected chi connectivity index (χ1v) is 7.62. The predicted octanol–water partition coefficient (Wildman–Crippen LogP) is 4.12.